The van der Waals surface area contributed by atoms with Gasteiger partial charge in [0.1, 0.15) is 0 Å². The quantitative estimate of drug-likeness (QED) is 0.615. The van der Waals surface area contributed by atoms with Crippen LogP contribution in [-0.4, -0.2) is 22.8 Å². The van der Waals surface area contributed by atoms with Crippen LogP contribution in [0.15, 0.2) is 54.6 Å². The molecule has 0 aliphatic rings. The van der Waals surface area contributed by atoms with Crippen LogP contribution in [0.25, 0.3) is 0 Å². The average molecular weight is 342 g/mol. The van der Waals surface area contributed by atoms with Gasteiger partial charge in [0.05, 0.1) is 0 Å². The van der Waals surface area contributed by atoms with E-state index in [1.807, 2.05) is 37.3 Å². The van der Waals surface area contributed by atoms with Crippen LogP contribution in [0.5, 0.6) is 0 Å². The number of amides is 3. The monoisotopic (exact) mass is 342 g/mol. The molecule has 0 spiro atoms. The molecule has 0 saturated heterocycles. The van der Waals surface area contributed by atoms with Crippen LogP contribution in [0.3, 0.4) is 0 Å². The van der Waals surface area contributed by atoms with Crippen LogP contribution in [0.2, 0.25) is 0 Å². The van der Waals surface area contributed by atoms with Gasteiger partial charge in [-0.1, -0.05) is 60.8 Å². The number of carbonyl (C=O) groups excluding carboxylic acids is 2. The number of nitrogens with zero attached hydrogens (tertiary/aromatic N) is 1. The Kier molecular flexibility index (Phi) is 6.88. The molecule has 2 aromatic rings. The third-order valence-corrected chi connectivity index (χ3v) is 4.06. The van der Waals surface area contributed by atoms with E-state index >= 15 is 0 Å². The lowest BCUT2D eigenvalue weighted by molar-refractivity contribution is 0.0895. The third kappa shape index (κ3) is 5.42. The summed E-state index contributed by atoms with van der Waals surface area (Å²) in [5.74, 6) is -0.430. The van der Waals surface area contributed by atoms with Crippen LogP contribution in [0.4, 0.5) is 4.79 Å². The summed E-state index contributed by atoms with van der Waals surface area (Å²) in [6, 6.07) is 16.8. The fourth-order valence-electron chi connectivity index (χ4n) is 2.28. The lowest BCUT2D eigenvalue weighted by Crippen LogP contribution is -2.38. The largest absolute Gasteiger partial charge is 0.337 e. The number of thiol groups is 1. The molecular weight excluding hydrogens is 320 g/mol. The molecule has 126 valence electrons. The first-order chi connectivity index (χ1) is 11.6. The molecule has 2 rings (SSSR count). The van der Waals surface area contributed by atoms with Crippen LogP contribution >= 0.6 is 12.8 Å². The van der Waals surface area contributed by atoms with Crippen molar-refractivity contribution in [3.8, 4) is 0 Å². The number of imide groups is 1. The zero-order valence-electron chi connectivity index (χ0n) is 13.7. The van der Waals surface area contributed by atoms with Crippen molar-refractivity contribution < 1.29 is 9.59 Å². The second-order valence-electron chi connectivity index (χ2n) is 5.66. The highest BCUT2D eigenvalue weighted by Crippen LogP contribution is 2.09. The van der Waals surface area contributed by atoms with E-state index in [0.29, 0.717) is 12.1 Å². The summed E-state index contributed by atoms with van der Waals surface area (Å²) in [5.41, 5.74) is 2.78. The van der Waals surface area contributed by atoms with Gasteiger partial charge in [-0.05, 0) is 43.9 Å². The molecule has 3 amide bonds. The standard InChI is InChI=1S/C19H22N2O2S/c1-15-10-12-17(13-11-15)18(22)21(24)19(23)20-14-6-5-9-16-7-3-2-4-8-16/h2-4,7-8,10-13,24H,5-6,9,14H2,1H3,(H,20,23). The number of hydrogen-bond donors (Lipinski definition) is 2. The molecule has 24 heavy (non-hydrogen) atoms. The van der Waals surface area contributed by atoms with Crippen molar-refractivity contribution in [2.75, 3.05) is 6.54 Å². The van der Waals surface area contributed by atoms with Crippen molar-refractivity contribution in [1.29, 1.82) is 0 Å². The van der Waals surface area contributed by atoms with Gasteiger partial charge >= 0.3 is 6.03 Å². The van der Waals surface area contributed by atoms with Crippen molar-refractivity contribution in [1.82, 2.24) is 9.62 Å². The maximum Gasteiger partial charge on any atom is 0.334 e. The molecule has 0 atom stereocenters. The Labute approximate surface area is 148 Å². The molecule has 0 aromatic heterocycles. The third-order valence-electron chi connectivity index (χ3n) is 3.69. The number of aryl methyl sites for hydroxylation is 2. The van der Waals surface area contributed by atoms with Crippen molar-refractivity contribution in [3.05, 3.63) is 71.3 Å². The zero-order chi connectivity index (χ0) is 17.4. The number of carbonyl (C=O) groups is 2. The molecule has 0 saturated carbocycles. The van der Waals surface area contributed by atoms with E-state index in [9.17, 15) is 9.59 Å². The van der Waals surface area contributed by atoms with Gasteiger partial charge in [0.2, 0.25) is 0 Å². The highest BCUT2D eigenvalue weighted by atomic mass is 32.1. The van der Waals surface area contributed by atoms with E-state index in [1.54, 1.807) is 12.1 Å². The van der Waals surface area contributed by atoms with Gasteiger partial charge in [-0.2, -0.15) is 0 Å². The molecule has 2 aromatic carbocycles. The Bertz CT molecular complexity index is 672. The predicted octanol–water partition coefficient (Wildman–Crippen LogP) is 4.01. The highest BCUT2D eigenvalue weighted by Gasteiger charge is 2.19. The van der Waals surface area contributed by atoms with Gasteiger partial charge in [0.25, 0.3) is 5.91 Å². The van der Waals surface area contributed by atoms with Crippen molar-refractivity contribution in [3.63, 3.8) is 0 Å². The second kappa shape index (κ2) is 9.13. The molecule has 0 heterocycles. The fourth-order valence-corrected chi connectivity index (χ4v) is 2.47. The molecule has 1 N–H and O–H groups in total. The number of nitrogens with one attached hydrogen (secondary N) is 1. The van der Waals surface area contributed by atoms with Crippen LogP contribution in [0, 0.1) is 6.92 Å². The molecule has 0 bridgehead atoms. The van der Waals surface area contributed by atoms with Gasteiger partial charge in [0, 0.05) is 12.1 Å². The Morgan fingerprint density at radius 2 is 1.67 bits per heavy atom. The SMILES string of the molecule is Cc1ccc(C(=O)N(S)C(=O)NCCCCc2ccccc2)cc1. The lowest BCUT2D eigenvalue weighted by atomic mass is 10.1. The minimum atomic E-state index is -0.497. The normalized spacial score (nSPS) is 10.2. The van der Waals surface area contributed by atoms with Gasteiger partial charge in [-0.25, -0.2) is 9.10 Å². The number of urea groups is 1. The molecule has 0 aliphatic heterocycles. The van der Waals surface area contributed by atoms with Gasteiger partial charge in [-0.15, -0.1) is 0 Å². The van der Waals surface area contributed by atoms with E-state index < -0.39 is 11.9 Å². The summed E-state index contributed by atoms with van der Waals surface area (Å²) >= 11 is 4.01. The van der Waals surface area contributed by atoms with E-state index in [2.05, 4.69) is 30.3 Å². The average Bonchev–Trinajstić information content (AvgIpc) is 2.61. The summed E-state index contributed by atoms with van der Waals surface area (Å²) < 4.78 is 0.821. The topological polar surface area (TPSA) is 49.4 Å². The van der Waals surface area contributed by atoms with Crippen molar-refractivity contribution in [2.45, 2.75) is 26.2 Å². The lowest BCUT2D eigenvalue weighted by Gasteiger charge is -2.15. The minimum absolute atomic E-state index is 0.430. The summed E-state index contributed by atoms with van der Waals surface area (Å²) in [6.45, 7) is 2.46. The first kappa shape index (κ1) is 18.1. The Balaban J connectivity index is 1.71. The molecule has 0 fully saturated rings. The van der Waals surface area contributed by atoms with Crippen LogP contribution in [-0.2, 0) is 6.42 Å². The van der Waals surface area contributed by atoms with Crippen molar-refractivity contribution in [2.24, 2.45) is 0 Å². The Morgan fingerprint density at radius 3 is 2.33 bits per heavy atom. The van der Waals surface area contributed by atoms with Crippen LogP contribution in [0.1, 0.15) is 34.3 Å². The molecule has 0 radical (unpaired) electrons. The minimum Gasteiger partial charge on any atom is -0.337 e. The number of benzene rings is 2. The van der Waals surface area contributed by atoms with Crippen molar-refractivity contribution >= 4 is 24.8 Å². The molecule has 5 heteroatoms. The van der Waals surface area contributed by atoms with Gasteiger partial charge in [-0.3, -0.25) is 4.79 Å². The highest BCUT2D eigenvalue weighted by molar-refractivity contribution is 7.79. The summed E-state index contributed by atoms with van der Waals surface area (Å²) in [6.07, 6.45) is 2.80. The predicted molar refractivity (Wildman–Crippen MR) is 99.1 cm³/mol. The summed E-state index contributed by atoms with van der Waals surface area (Å²) in [5, 5.41) is 2.72. The molecular formula is C19H22N2O2S. The molecule has 4 nitrogen and oxygen atoms in total. The Hall–Kier alpha value is -2.27. The Morgan fingerprint density at radius 1 is 1.00 bits per heavy atom. The smallest absolute Gasteiger partial charge is 0.334 e. The first-order valence-corrected chi connectivity index (χ1v) is 8.39. The van der Waals surface area contributed by atoms with E-state index in [0.717, 1.165) is 29.1 Å². The van der Waals surface area contributed by atoms with Crippen LogP contribution < -0.4 is 5.32 Å². The fraction of sp³-hybridized carbons (Fsp3) is 0.263. The number of rotatable bonds is 6. The molecule has 0 aliphatic carbocycles. The zero-order valence-corrected chi connectivity index (χ0v) is 14.6. The maximum absolute atomic E-state index is 12.2. The van der Waals surface area contributed by atoms with E-state index in [1.165, 1.54) is 5.56 Å². The number of unbranched alkanes of at least 4 members (excludes halogenated alkanes) is 1. The summed E-state index contributed by atoms with van der Waals surface area (Å²) in [4.78, 5) is 24.1. The van der Waals surface area contributed by atoms with Gasteiger partial charge in [0.15, 0.2) is 0 Å². The second-order valence-corrected chi connectivity index (χ2v) is 6.06. The first-order valence-electron chi connectivity index (χ1n) is 7.99. The maximum atomic E-state index is 12.2. The summed E-state index contributed by atoms with van der Waals surface area (Å²) in [7, 11) is 0. The molecule has 0 unspecified atom stereocenters. The van der Waals surface area contributed by atoms with Gasteiger partial charge < -0.3 is 5.32 Å². The number of hydrogen-bond acceptors (Lipinski definition) is 3. The van der Waals surface area contributed by atoms with E-state index in [-0.39, 0.29) is 0 Å². The van der Waals surface area contributed by atoms with E-state index in [4.69, 9.17) is 0 Å².